The molecule has 0 fully saturated rings. The van der Waals surface area contributed by atoms with Crippen molar-refractivity contribution in [2.45, 2.75) is 456 Å². The summed E-state index contributed by atoms with van der Waals surface area (Å²) >= 11 is 0. The van der Waals surface area contributed by atoms with Crippen LogP contribution in [0.25, 0.3) is 0 Å². The third-order valence-electron chi connectivity index (χ3n) is 19.0. The quantitative estimate of drug-likeness (QED) is 0.0320. The van der Waals surface area contributed by atoms with Crippen molar-refractivity contribution in [2.75, 3.05) is 13.2 Å². The lowest BCUT2D eigenvalue weighted by atomic mass is 10.0. The molecule has 2 atom stereocenters. The number of aliphatic hydroxyl groups excluding tert-OH is 2. The lowest BCUT2D eigenvalue weighted by molar-refractivity contribution is -0.143. The number of aliphatic hydroxyl groups is 2. The van der Waals surface area contributed by atoms with Gasteiger partial charge < -0.3 is 20.3 Å². The normalized spacial score (nSPS) is 12.8. The van der Waals surface area contributed by atoms with E-state index in [2.05, 4.69) is 67.8 Å². The topological polar surface area (TPSA) is 95.9 Å². The maximum absolute atomic E-state index is 12.6. The van der Waals surface area contributed by atoms with Crippen molar-refractivity contribution in [3.63, 3.8) is 0 Å². The summed E-state index contributed by atoms with van der Waals surface area (Å²) in [5.41, 5.74) is 0. The molecule has 0 aromatic heterocycles. The number of allylic oxidation sites excluding steroid dienone is 9. The molecule has 0 saturated heterocycles. The molecule has 0 aliphatic carbocycles. The minimum Gasteiger partial charge on any atom is -0.466 e. The molecular formula is C85H159NO5. The first kappa shape index (κ1) is 88.6. The van der Waals surface area contributed by atoms with Gasteiger partial charge in [-0.05, 0) is 96.3 Å². The Balaban J connectivity index is 3.39. The number of nitrogens with one attached hydrogen (secondary N) is 1. The number of rotatable bonds is 77. The van der Waals surface area contributed by atoms with Crippen LogP contribution in [0.3, 0.4) is 0 Å². The Bertz CT molecular complexity index is 1570. The molecule has 3 N–H and O–H groups in total. The molecule has 0 rings (SSSR count). The summed E-state index contributed by atoms with van der Waals surface area (Å²) in [4.78, 5) is 24.6. The number of carbonyl (C=O) groups excluding carboxylic acids is 2. The van der Waals surface area contributed by atoms with E-state index in [9.17, 15) is 19.8 Å². The fraction of sp³-hybridized carbons (Fsp3) is 0.859. The van der Waals surface area contributed by atoms with Gasteiger partial charge in [0.05, 0.1) is 25.4 Å². The fourth-order valence-electron chi connectivity index (χ4n) is 12.8. The van der Waals surface area contributed by atoms with Crippen molar-refractivity contribution in [1.29, 1.82) is 0 Å². The third-order valence-corrected chi connectivity index (χ3v) is 19.0. The summed E-state index contributed by atoms with van der Waals surface area (Å²) in [5, 5.41) is 23.3. The van der Waals surface area contributed by atoms with Gasteiger partial charge >= 0.3 is 5.97 Å². The molecule has 6 heteroatoms. The molecule has 1 amide bonds. The molecule has 0 heterocycles. The zero-order chi connectivity index (χ0) is 65.6. The van der Waals surface area contributed by atoms with Crippen LogP contribution in [0.1, 0.15) is 444 Å². The smallest absolute Gasteiger partial charge is 0.305 e. The molecule has 0 spiro atoms. The number of ether oxygens (including phenoxy) is 1. The molecule has 0 bridgehead atoms. The number of esters is 1. The van der Waals surface area contributed by atoms with Crippen LogP contribution in [0.2, 0.25) is 0 Å². The van der Waals surface area contributed by atoms with Crippen LogP contribution in [0, 0.1) is 0 Å². The molecule has 0 aliphatic rings. The second-order valence-electron chi connectivity index (χ2n) is 28.1. The van der Waals surface area contributed by atoms with E-state index in [4.69, 9.17) is 4.74 Å². The van der Waals surface area contributed by atoms with Crippen LogP contribution >= 0.6 is 0 Å². The minimum atomic E-state index is -0.845. The van der Waals surface area contributed by atoms with E-state index in [1.165, 1.54) is 360 Å². The van der Waals surface area contributed by atoms with E-state index in [0.717, 1.165) is 57.8 Å². The molecule has 0 radical (unpaired) electrons. The number of hydrogen-bond donors (Lipinski definition) is 3. The van der Waals surface area contributed by atoms with E-state index < -0.39 is 12.1 Å². The number of hydrogen-bond acceptors (Lipinski definition) is 5. The van der Waals surface area contributed by atoms with Gasteiger partial charge in [0, 0.05) is 12.8 Å². The Labute approximate surface area is 569 Å². The molecule has 0 aliphatic heterocycles. The van der Waals surface area contributed by atoms with Crippen LogP contribution in [-0.4, -0.2) is 47.4 Å². The zero-order valence-corrected chi connectivity index (χ0v) is 61.3. The molecule has 2 unspecified atom stereocenters. The lowest BCUT2D eigenvalue weighted by Gasteiger charge is -2.20. The van der Waals surface area contributed by atoms with Crippen molar-refractivity contribution in [3.8, 4) is 0 Å². The number of unbranched alkanes of at least 4 members (excludes halogenated alkanes) is 58. The van der Waals surface area contributed by atoms with Crippen molar-refractivity contribution >= 4 is 11.9 Å². The predicted molar refractivity (Wildman–Crippen MR) is 402 cm³/mol. The SMILES string of the molecule is CCCCC/C=C\C/C=C\CCCCCCCC(=O)OCCCCCCCCCCCCCCC/C=C\C/C=C\CCCCCCCCCCCCCCCCCCCC(=O)NC(CO)C(O)/C=C/CCCCCCCCCCCCCCCCCCCCCC. The van der Waals surface area contributed by atoms with E-state index in [-0.39, 0.29) is 18.5 Å². The third kappa shape index (κ3) is 76.5. The summed E-state index contributed by atoms with van der Waals surface area (Å²) in [7, 11) is 0. The highest BCUT2D eigenvalue weighted by molar-refractivity contribution is 5.76. The highest BCUT2D eigenvalue weighted by Gasteiger charge is 2.18. The maximum Gasteiger partial charge on any atom is 0.305 e. The Kier molecular flexibility index (Phi) is 77.9. The maximum atomic E-state index is 12.6. The van der Waals surface area contributed by atoms with E-state index in [1.807, 2.05) is 6.08 Å². The van der Waals surface area contributed by atoms with Gasteiger partial charge in [-0.1, -0.05) is 396 Å². The van der Waals surface area contributed by atoms with Gasteiger partial charge in [0.25, 0.3) is 0 Å². The summed E-state index contributed by atoms with van der Waals surface area (Å²) in [6.07, 6.45) is 108. The molecular weight excluding hydrogens is 1110 g/mol. The van der Waals surface area contributed by atoms with E-state index in [1.54, 1.807) is 6.08 Å². The molecule has 0 aromatic rings. The lowest BCUT2D eigenvalue weighted by Crippen LogP contribution is -2.45. The summed E-state index contributed by atoms with van der Waals surface area (Å²) in [6, 6.07) is -0.628. The Morgan fingerprint density at radius 3 is 0.857 bits per heavy atom. The molecule has 534 valence electrons. The van der Waals surface area contributed by atoms with Crippen LogP contribution < -0.4 is 5.32 Å². The molecule has 91 heavy (non-hydrogen) atoms. The number of carbonyl (C=O) groups is 2. The largest absolute Gasteiger partial charge is 0.466 e. The van der Waals surface area contributed by atoms with E-state index >= 15 is 0 Å². The first-order valence-corrected chi connectivity index (χ1v) is 41.1. The number of amides is 1. The van der Waals surface area contributed by atoms with Crippen molar-refractivity contribution in [2.24, 2.45) is 0 Å². The van der Waals surface area contributed by atoms with Gasteiger partial charge in [-0.15, -0.1) is 0 Å². The Hall–Kier alpha value is -2.44. The zero-order valence-electron chi connectivity index (χ0n) is 61.3. The Morgan fingerprint density at radius 1 is 0.308 bits per heavy atom. The van der Waals surface area contributed by atoms with Gasteiger partial charge in [-0.25, -0.2) is 0 Å². The second kappa shape index (κ2) is 80.0. The van der Waals surface area contributed by atoms with Crippen molar-refractivity contribution in [1.82, 2.24) is 5.32 Å². The molecule has 0 aromatic carbocycles. The van der Waals surface area contributed by atoms with Crippen LogP contribution in [-0.2, 0) is 14.3 Å². The van der Waals surface area contributed by atoms with Gasteiger partial charge in [0.1, 0.15) is 0 Å². The minimum absolute atomic E-state index is 0.00473. The first-order chi connectivity index (χ1) is 45.0. The van der Waals surface area contributed by atoms with Crippen LogP contribution in [0.5, 0.6) is 0 Å². The second-order valence-corrected chi connectivity index (χ2v) is 28.1. The van der Waals surface area contributed by atoms with Crippen LogP contribution in [0.15, 0.2) is 60.8 Å². The average molecular weight is 1280 g/mol. The highest BCUT2D eigenvalue weighted by Crippen LogP contribution is 2.19. The van der Waals surface area contributed by atoms with Gasteiger partial charge in [0.2, 0.25) is 5.91 Å². The molecule has 0 saturated carbocycles. The average Bonchev–Trinajstić information content (AvgIpc) is 3.69. The first-order valence-electron chi connectivity index (χ1n) is 41.1. The summed E-state index contributed by atoms with van der Waals surface area (Å²) in [6.45, 7) is 4.91. The van der Waals surface area contributed by atoms with E-state index in [0.29, 0.717) is 19.4 Å². The standard InChI is InChI=1S/C85H159NO5/c1-3-5-7-9-11-13-15-17-19-20-21-22-40-43-46-50-53-57-61-65-69-73-77-83(88)82(81-87)86-84(89)78-74-70-66-62-58-54-51-47-44-41-38-36-34-32-30-28-26-24-23-25-27-29-31-33-35-37-39-42-45-48-52-56-60-64-68-72-76-80-91-85(90)79-75-71-67-63-59-55-49-18-16-14-12-10-8-6-4-2/h12,14,18,23,25,29,31,49,73,77,82-83,87-88H,3-11,13,15-17,19-22,24,26-28,30,32-48,50-72,74-76,78-81H2,1-2H3,(H,86,89)/b14-12-,25-23-,31-29-,49-18-,77-73+. The van der Waals surface area contributed by atoms with Gasteiger partial charge in [-0.2, -0.15) is 0 Å². The summed E-state index contributed by atoms with van der Waals surface area (Å²) < 4.78 is 5.49. The Morgan fingerprint density at radius 2 is 0.549 bits per heavy atom. The predicted octanol–water partition coefficient (Wildman–Crippen LogP) is 27.3. The fourth-order valence-corrected chi connectivity index (χ4v) is 12.8. The van der Waals surface area contributed by atoms with Crippen molar-refractivity contribution < 1.29 is 24.5 Å². The molecule has 6 nitrogen and oxygen atoms in total. The van der Waals surface area contributed by atoms with Crippen molar-refractivity contribution in [3.05, 3.63) is 60.8 Å². The van der Waals surface area contributed by atoms with Gasteiger partial charge in [0.15, 0.2) is 0 Å². The highest BCUT2D eigenvalue weighted by atomic mass is 16.5. The van der Waals surface area contributed by atoms with Crippen LogP contribution in [0.4, 0.5) is 0 Å². The monoisotopic (exact) mass is 1270 g/mol. The summed E-state index contributed by atoms with van der Waals surface area (Å²) in [5.74, 6) is -0.0563. The van der Waals surface area contributed by atoms with Gasteiger partial charge in [-0.3, -0.25) is 9.59 Å².